The molecule has 6 heteroatoms. The largest absolute Gasteiger partial charge is 0.378 e. The second-order valence-electron chi connectivity index (χ2n) is 6.96. The molecule has 0 bridgehead atoms. The van der Waals surface area contributed by atoms with E-state index in [0.717, 1.165) is 48.7 Å². The van der Waals surface area contributed by atoms with Gasteiger partial charge in [0.15, 0.2) is 5.17 Å². The van der Waals surface area contributed by atoms with Crippen LogP contribution in [0.15, 0.2) is 52.4 Å². The van der Waals surface area contributed by atoms with Crippen LogP contribution < -0.4 is 10.2 Å². The smallest absolute Gasteiger partial charge is 0.264 e. The first-order chi connectivity index (χ1) is 13.6. The molecule has 2 aliphatic rings. The summed E-state index contributed by atoms with van der Waals surface area (Å²) >= 11 is 1.38. The van der Waals surface area contributed by atoms with Crippen LogP contribution in [-0.4, -0.2) is 37.4 Å². The molecule has 2 aromatic rings. The third kappa shape index (κ3) is 4.29. The lowest BCUT2D eigenvalue weighted by atomic mass is 10.1. The van der Waals surface area contributed by atoms with E-state index in [1.54, 1.807) is 0 Å². The Balaban J connectivity index is 1.50. The normalized spacial score (nSPS) is 20.1. The molecule has 2 aliphatic heterocycles. The second-order valence-corrected chi connectivity index (χ2v) is 7.99. The molecule has 28 heavy (non-hydrogen) atoms. The van der Waals surface area contributed by atoms with Crippen molar-refractivity contribution in [3.05, 3.63) is 64.1 Å². The molecule has 0 radical (unpaired) electrons. The average molecular weight is 394 g/mol. The maximum atomic E-state index is 12.3. The van der Waals surface area contributed by atoms with Crippen molar-refractivity contribution in [1.82, 2.24) is 5.32 Å². The van der Waals surface area contributed by atoms with Crippen molar-refractivity contribution < 1.29 is 9.53 Å². The number of aliphatic imine (C=N–C) groups is 1. The summed E-state index contributed by atoms with van der Waals surface area (Å²) in [6.45, 7) is 7.42. The number of hydrogen-bond acceptors (Lipinski definition) is 5. The summed E-state index contributed by atoms with van der Waals surface area (Å²) in [5.74, 6) is -0.105. The second kappa shape index (κ2) is 8.20. The summed E-state index contributed by atoms with van der Waals surface area (Å²) in [6.07, 6.45) is 1.91. The van der Waals surface area contributed by atoms with Gasteiger partial charge >= 0.3 is 0 Å². The number of amidine groups is 1. The number of carbonyl (C=O) groups excluding carboxylic acids is 1. The van der Waals surface area contributed by atoms with E-state index in [0.29, 0.717) is 10.1 Å². The number of amides is 1. The van der Waals surface area contributed by atoms with Crippen LogP contribution in [0.25, 0.3) is 6.08 Å². The Morgan fingerprint density at radius 1 is 1.11 bits per heavy atom. The van der Waals surface area contributed by atoms with E-state index < -0.39 is 0 Å². The summed E-state index contributed by atoms with van der Waals surface area (Å²) in [6, 6.07) is 14.4. The van der Waals surface area contributed by atoms with E-state index in [4.69, 9.17) is 4.74 Å². The number of anilines is 1. The molecule has 1 amide bonds. The van der Waals surface area contributed by atoms with E-state index in [9.17, 15) is 4.79 Å². The lowest BCUT2D eigenvalue weighted by Crippen LogP contribution is -2.36. The summed E-state index contributed by atoms with van der Waals surface area (Å²) < 4.78 is 5.40. The Labute approximate surface area is 169 Å². The number of ether oxygens (including phenoxy) is 1. The molecular weight excluding hydrogens is 370 g/mol. The minimum Gasteiger partial charge on any atom is -0.378 e. The van der Waals surface area contributed by atoms with Gasteiger partial charge in [-0.25, -0.2) is 4.99 Å². The van der Waals surface area contributed by atoms with Crippen LogP contribution in [0.4, 0.5) is 11.4 Å². The number of nitrogens with one attached hydrogen (secondary N) is 1. The topological polar surface area (TPSA) is 53.9 Å². The van der Waals surface area contributed by atoms with E-state index in [2.05, 4.69) is 33.4 Å². The van der Waals surface area contributed by atoms with Gasteiger partial charge in [-0.2, -0.15) is 0 Å². The van der Waals surface area contributed by atoms with Gasteiger partial charge in [0.2, 0.25) is 0 Å². The van der Waals surface area contributed by atoms with Gasteiger partial charge in [0, 0.05) is 18.8 Å². The zero-order valence-electron chi connectivity index (χ0n) is 16.1. The predicted molar refractivity (Wildman–Crippen MR) is 116 cm³/mol. The lowest BCUT2D eigenvalue weighted by molar-refractivity contribution is -0.115. The van der Waals surface area contributed by atoms with Gasteiger partial charge in [0.05, 0.1) is 23.8 Å². The minimum absolute atomic E-state index is 0.105. The number of aryl methyl sites for hydroxylation is 2. The van der Waals surface area contributed by atoms with Crippen molar-refractivity contribution >= 4 is 40.3 Å². The van der Waals surface area contributed by atoms with Gasteiger partial charge in [0.1, 0.15) is 0 Å². The lowest BCUT2D eigenvalue weighted by Gasteiger charge is -2.28. The van der Waals surface area contributed by atoms with Gasteiger partial charge in [-0.15, -0.1) is 0 Å². The Morgan fingerprint density at radius 3 is 2.61 bits per heavy atom. The fourth-order valence-electron chi connectivity index (χ4n) is 3.18. The maximum Gasteiger partial charge on any atom is 0.264 e. The maximum absolute atomic E-state index is 12.3. The Hall–Kier alpha value is -2.57. The molecule has 2 saturated heterocycles. The van der Waals surface area contributed by atoms with E-state index in [1.165, 1.54) is 17.4 Å². The highest BCUT2D eigenvalue weighted by molar-refractivity contribution is 8.18. The summed E-state index contributed by atoms with van der Waals surface area (Å²) in [4.78, 5) is 19.9. The van der Waals surface area contributed by atoms with Crippen molar-refractivity contribution in [2.45, 2.75) is 13.8 Å². The fraction of sp³-hybridized carbons (Fsp3) is 0.273. The molecule has 0 atom stereocenters. The molecule has 2 fully saturated rings. The molecule has 2 aromatic carbocycles. The highest BCUT2D eigenvalue weighted by Crippen LogP contribution is 2.30. The molecule has 144 valence electrons. The van der Waals surface area contributed by atoms with Crippen LogP contribution in [0.3, 0.4) is 0 Å². The molecule has 2 heterocycles. The molecule has 0 aliphatic carbocycles. The predicted octanol–water partition coefficient (Wildman–Crippen LogP) is 4.03. The number of carbonyl (C=O) groups is 1. The number of morpholine rings is 1. The van der Waals surface area contributed by atoms with Crippen LogP contribution in [-0.2, 0) is 9.53 Å². The third-order valence-corrected chi connectivity index (χ3v) is 5.71. The number of thioether (sulfide) groups is 1. The average Bonchev–Trinajstić information content (AvgIpc) is 3.05. The first kappa shape index (κ1) is 18.8. The van der Waals surface area contributed by atoms with Gasteiger partial charge in [0.25, 0.3) is 5.91 Å². The van der Waals surface area contributed by atoms with Crippen molar-refractivity contribution in [3.8, 4) is 0 Å². The van der Waals surface area contributed by atoms with Gasteiger partial charge in [-0.05, 0) is 66.6 Å². The standard InChI is InChI=1S/C22H23N3O2S/c1-15-3-4-16(2)19(13-15)23-22-24-21(26)20(28-22)14-17-5-7-18(8-6-17)25-9-11-27-12-10-25/h3-8,13-14H,9-12H2,1-2H3,(H,23,24,26)/b20-14-. The summed E-state index contributed by atoms with van der Waals surface area (Å²) in [5.41, 5.74) is 5.31. The van der Waals surface area contributed by atoms with E-state index in [1.807, 2.05) is 44.2 Å². The van der Waals surface area contributed by atoms with Crippen LogP contribution in [0.1, 0.15) is 16.7 Å². The number of nitrogens with zero attached hydrogens (tertiary/aromatic N) is 2. The monoisotopic (exact) mass is 393 g/mol. The Kier molecular flexibility index (Phi) is 5.50. The van der Waals surface area contributed by atoms with Crippen LogP contribution in [0.2, 0.25) is 0 Å². The highest BCUT2D eigenvalue weighted by Gasteiger charge is 2.24. The van der Waals surface area contributed by atoms with Crippen molar-refractivity contribution in [3.63, 3.8) is 0 Å². The quantitative estimate of drug-likeness (QED) is 0.800. The van der Waals surface area contributed by atoms with E-state index in [-0.39, 0.29) is 5.91 Å². The molecule has 0 unspecified atom stereocenters. The van der Waals surface area contributed by atoms with Gasteiger partial charge in [-0.3, -0.25) is 4.79 Å². The number of rotatable bonds is 3. The van der Waals surface area contributed by atoms with Crippen molar-refractivity contribution in [1.29, 1.82) is 0 Å². The fourth-order valence-corrected chi connectivity index (χ4v) is 4.02. The molecule has 1 N–H and O–H groups in total. The first-order valence-electron chi connectivity index (χ1n) is 9.38. The van der Waals surface area contributed by atoms with Crippen LogP contribution in [0, 0.1) is 13.8 Å². The molecular formula is C22H23N3O2S. The molecule has 5 nitrogen and oxygen atoms in total. The highest BCUT2D eigenvalue weighted by atomic mass is 32.2. The molecule has 4 rings (SSSR count). The zero-order chi connectivity index (χ0) is 19.5. The van der Waals surface area contributed by atoms with Crippen LogP contribution >= 0.6 is 11.8 Å². The number of benzene rings is 2. The van der Waals surface area contributed by atoms with E-state index >= 15 is 0 Å². The first-order valence-corrected chi connectivity index (χ1v) is 10.2. The Morgan fingerprint density at radius 2 is 1.86 bits per heavy atom. The molecule has 0 saturated carbocycles. The number of hydrogen-bond donors (Lipinski definition) is 1. The minimum atomic E-state index is -0.105. The molecule has 0 aromatic heterocycles. The summed E-state index contributed by atoms with van der Waals surface area (Å²) in [7, 11) is 0. The zero-order valence-corrected chi connectivity index (χ0v) is 16.9. The van der Waals surface area contributed by atoms with Crippen molar-refractivity contribution in [2.24, 2.45) is 4.99 Å². The van der Waals surface area contributed by atoms with Crippen LogP contribution in [0.5, 0.6) is 0 Å². The Bertz CT molecular complexity index is 945. The van der Waals surface area contributed by atoms with Gasteiger partial charge in [-0.1, -0.05) is 24.3 Å². The SMILES string of the molecule is Cc1ccc(C)c(N=C2NC(=O)/C(=C/c3ccc(N4CCOCC4)cc3)S2)c1. The summed E-state index contributed by atoms with van der Waals surface area (Å²) in [5, 5.41) is 3.49. The van der Waals surface area contributed by atoms with Crippen molar-refractivity contribution in [2.75, 3.05) is 31.2 Å². The molecule has 0 spiro atoms. The third-order valence-electron chi connectivity index (χ3n) is 4.80. The van der Waals surface area contributed by atoms with Gasteiger partial charge < -0.3 is 15.0 Å².